The Labute approximate surface area is 167 Å². The molecule has 1 aliphatic carbocycles. The van der Waals surface area contributed by atoms with Crippen LogP contribution in [0.15, 0.2) is 34.9 Å². The van der Waals surface area contributed by atoms with Gasteiger partial charge in [0.2, 0.25) is 5.91 Å². The predicted molar refractivity (Wildman–Crippen MR) is 107 cm³/mol. The third kappa shape index (κ3) is 3.51. The smallest absolute Gasteiger partial charge is 0.335 e. The van der Waals surface area contributed by atoms with Crippen molar-refractivity contribution in [2.45, 2.75) is 25.7 Å². The molecule has 2 N–H and O–H groups in total. The molecule has 1 heterocycles. The minimum Gasteiger partial charge on any atom is -0.493 e. The maximum atomic E-state index is 12.7. The Hall–Kier alpha value is -3.48. The second kappa shape index (κ2) is 7.50. The number of carbonyl (C=O) groups is 2. The third-order valence-electron chi connectivity index (χ3n) is 5.22. The number of nitrogens with one attached hydrogen (secondary N) is 1. The maximum Gasteiger partial charge on any atom is 0.335 e. The fourth-order valence-electron chi connectivity index (χ4n) is 3.83. The van der Waals surface area contributed by atoms with Gasteiger partial charge in [-0.1, -0.05) is 0 Å². The van der Waals surface area contributed by atoms with E-state index in [-0.39, 0.29) is 35.1 Å². The summed E-state index contributed by atoms with van der Waals surface area (Å²) >= 11 is 0. The number of anilines is 1. The monoisotopic (exact) mass is 395 g/mol. The van der Waals surface area contributed by atoms with E-state index in [4.69, 9.17) is 13.9 Å². The van der Waals surface area contributed by atoms with E-state index in [1.807, 2.05) is 0 Å². The van der Waals surface area contributed by atoms with Crippen LogP contribution in [0.5, 0.6) is 11.5 Å². The van der Waals surface area contributed by atoms with Crippen molar-refractivity contribution in [3.8, 4) is 11.5 Å². The molecule has 0 bridgehead atoms. The molecule has 0 aliphatic heterocycles. The second-order valence-electron chi connectivity index (χ2n) is 7.02. The van der Waals surface area contributed by atoms with Gasteiger partial charge < -0.3 is 24.3 Å². The first-order chi connectivity index (χ1) is 14.0. The number of ether oxygens (including phenoxy) is 2. The van der Waals surface area contributed by atoms with Gasteiger partial charge in [-0.2, -0.15) is 0 Å². The Morgan fingerprint density at radius 2 is 1.86 bits per heavy atom. The number of amides is 1. The summed E-state index contributed by atoms with van der Waals surface area (Å²) in [5, 5.41) is 13.0. The first kappa shape index (κ1) is 18.9. The van der Waals surface area contributed by atoms with Crippen LogP contribution in [0.3, 0.4) is 0 Å². The van der Waals surface area contributed by atoms with Crippen molar-refractivity contribution in [1.29, 1.82) is 0 Å². The van der Waals surface area contributed by atoms with Gasteiger partial charge in [0.15, 0.2) is 11.5 Å². The first-order valence-electron chi connectivity index (χ1n) is 9.31. The molecule has 0 saturated carbocycles. The van der Waals surface area contributed by atoms with Gasteiger partial charge in [-0.15, -0.1) is 0 Å². The fourth-order valence-corrected chi connectivity index (χ4v) is 3.83. The van der Waals surface area contributed by atoms with Crippen LogP contribution in [0.4, 0.5) is 5.69 Å². The lowest BCUT2D eigenvalue weighted by Gasteiger charge is -2.14. The first-order valence-corrected chi connectivity index (χ1v) is 9.31. The number of fused-ring (bicyclic) bond motifs is 2. The topological polar surface area (TPSA) is 98.0 Å². The van der Waals surface area contributed by atoms with Crippen LogP contribution in [-0.2, 0) is 24.1 Å². The molecule has 1 aromatic heterocycles. The predicted octanol–water partition coefficient (Wildman–Crippen LogP) is 3.82. The van der Waals surface area contributed by atoms with Gasteiger partial charge in [-0.3, -0.25) is 4.79 Å². The zero-order valence-electron chi connectivity index (χ0n) is 16.2. The summed E-state index contributed by atoms with van der Waals surface area (Å²) in [5.74, 6) is -0.944. The molecule has 3 aromatic rings. The lowest BCUT2D eigenvalue weighted by molar-refractivity contribution is -0.115. The zero-order chi connectivity index (χ0) is 20.5. The Kier molecular flexibility index (Phi) is 4.88. The molecule has 7 nitrogen and oxygen atoms in total. The average molecular weight is 395 g/mol. The van der Waals surface area contributed by atoms with Gasteiger partial charge in [0.05, 0.1) is 38.2 Å². The number of furan rings is 1. The van der Waals surface area contributed by atoms with E-state index in [1.54, 1.807) is 6.26 Å². The van der Waals surface area contributed by atoms with Crippen LogP contribution in [0.1, 0.15) is 33.5 Å². The summed E-state index contributed by atoms with van der Waals surface area (Å²) in [5.41, 5.74) is 4.41. The van der Waals surface area contributed by atoms with Gasteiger partial charge >= 0.3 is 5.97 Å². The molecule has 1 aliphatic rings. The van der Waals surface area contributed by atoms with Crippen LogP contribution in [0.2, 0.25) is 0 Å². The molecule has 0 spiro atoms. The van der Waals surface area contributed by atoms with Crippen LogP contribution in [0.25, 0.3) is 11.0 Å². The van der Waals surface area contributed by atoms with E-state index in [0.717, 1.165) is 35.8 Å². The molecule has 0 fully saturated rings. The SMILES string of the molecule is COc1cc(C(=O)O)cc(NC(=O)Cc2coc3cc4c(cc23)CCC4)c1OC. The molecule has 7 heteroatoms. The van der Waals surface area contributed by atoms with E-state index in [1.165, 1.54) is 37.5 Å². The highest BCUT2D eigenvalue weighted by Crippen LogP contribution is 2.37. The maximum absolute atomic E-state index is 12.7. The van der Waals surface area contributed by atoms with Crippen LogP contribution < -0.4 is 14.8 Å². The Bertz CT molecular complexity index is 1110. The Morgan fingerprint density at radius 3 is 2.55 bits per heavy atom. The third-order valence-corrected chi connectivity index (χ3v) is 5.22. The normalized spacial score (nSPS) is 12.6. The standard InChI is InChI=1S/C22H21NO6/c1-27-19-9-14(22(25)26)7-17(21(19)28-2)23-20(24)10-15-11-29-18-8-13-5-3-4-12(13)6-16(15)18/h6-9,11H,3-5,10H2,1-2H3,(H,23,24)(H,25,26). The number of methoxy groups -OCH3 is 2. The van der Waals surface area contributed by atoms with Crippen LogP contribution >= 0.6 is 0 Å². The van der Waals surface area contributed by atoms with Crippen molar-refractivity contribution in [2.24, 2.45) is 0 Å². The number of carbonyl (C=O) groups excluding carboxylic acids is 1. The lowest BCUT2D eigenvalue weighted by atomic mass is 10.0. The Morgan fingerprint density at radius 1 is 1.10 bits per heavy atom. The van der Waals surface area contributed by atoms with Gasteiger partial charge in [-0.05, 0) is 54.7 Å². The minimum atomic E-state index is -1.13. The number of benzene rings is 2. The lowest BCUT2D eigenvalue weighted by Crippen LogP contribution is -2.16. The van der Waals surface area contributed by atoms with Crippen molar-refractivity contribution in [1.82, 2.24) is 0 Å². The zero-order valence-corrected chi connectivity index (χ0v) is 16.2. The molecule has 4 rings (SSSR count). The summed E-state index contributed by atoms with van der Waals surface area (Å²) in [6, 6.07) is 6.87. The van der Waals surface area contributed by atoms with Crippen molar-refractivity contribution < 1.29 is 28.6 Å². The summed E-state index contributed by atoms with van der Waals surface area (Å²) in [4.78, 5) is 24.1. The van der Waals surface area contributed by atoms with E-state index >= 15 is 0 Å². The van der Waals surface area contributed by atoms with Crippen molar-refractivity contribution in [2.75, 3.05) is 19.5 Å². The summed E-state index contributed by atoms with van der Waals surface area (Å²) in [6.45, 7) is 0. The van der Waals surface area contributed by atoms with Gasteiger partial charge in [-0.25, -0.2) is 4.79 Å². The molecule has 150 valence electrons. The quantitative estimate of drug-likeness (QED) is 0.658. The minimum absolute atomic E-state index is 0.0118. The molecule has 29 heavy (non-hydrogen) atoms. The highest BCUT2D eigenvalue weighted by atomic mass is 16.5. The second-order valence-corrected chi connectivity index (χ2v) is 7.02. The number of hydrogen-bond acceptors (Lipinski definition) is 5. The number of carboxylic acid groups (broad SMARTS) is 1. The number of aryl methyl sites for hydroxylation is 2. The number of aromatic carboxylic acids is 1. The van der Waals surface area contributed by atoms with E-state index in [0.29, 0.717) is 0 Å². The van der Waals surface area contributed by atoms with E-state index in [2.05, 4.69) is 17.4 Å². The van der Waals surface area contributed by atoms with Crippen LogP contribution in [0, 0.1) is 0 Å². The van der Waals surface area contributed by atoms with E-state index < -0.39 is 5.97 Å². The molecule has 0 unspecified atom stereocenters. The van der Waals surface area contributed by atoms with Crippen molar-refractivity contribution >= 4 is 28.5 Å². The number of carboxylic acids is 1. The van der Waals surface area contributed by atoms with Gasteiger partial charge in [0.1, 0.15) is 5.58 Å². The molecule has 0 saturated heterocycles. The summed E-state index contributed by atoms with van der Waals surface area (Å²) in [7, 11) is 2.84. The molecule has 0 atom stereocenters. The highest BCUT2D eigenvalue weighted by molar-refractivity contribution is 5.99. The number of hydrogen-bond donors (Lipinski definition) is 2. The molecular weight excluding hydrogens is 374 g/mol. The molecule has 0 radical (unpaired) electrons. The number of rotatable bonds is 6. The van der Waals surface area contributed by atoms with E-state index in [9.17, 15) is 14.7 Å². The molecule has 2 aromatic carbocycles. The molecular formula is C22H21NO6. The highest BCUT2D eigenvalue weighted by Gasteiger charge is 2.20. The molecule has 1 amide bonds. The van der Waals surface area contributed by atoms with Gasteiger partial charge in [0.25, 0.3) is 0 Å². The fraction of sp³-hybridized carbons (Fsp3) is 0.273. The van der Waals surface area contributed by atoms with Crippen molar-refractivity contribution in [3.05, 3.63) is 52.8 Å². The average Bonchev–Trinajstić information content (AvgIpc) is 3.31. The summed E-state index contributed by atoms with van der Waals surface area (Å²) < 4.78 is 16.2. The summed E-state index contributed by atoms with van der Waals surface area (Å²) in [6.07, 6.45) is 4.93. The van der Waals surface area contributed by atoms with Crippen molar-refractivity contribution in [3.63, 3.8) is 0 Å². The largest absolute Gasteiger partial charge is 0.493 e. The van der Waals surface area contributed by atoms with Gasteiger partial charge in [0, 0.05) is 10.9 Å². The van der Waals surface area contributed by atoms with Crippen LogP contribution in [-0.4, -0.2) is 31.2 Å². The Balaban J connectivity index is 1.61.